The Kier molecular flexibility index (Phi) is 6.36. The largest absolute Gasteiger partial charge is 0.390 e. The van der Waals surface area contributed by atoms with Crippen molar-refractivity contribution in [2.75, 3.05) is 29.9 Å². The molecule has 2 atom stereocenters. The minimum atomic E-state index is -0.416. The Morgan fingerprint density at radius 1 is 0.806 bits per heavy atom. The topological polar surface area (TPSA) is 64.5 Å². The van der Waals surface area contributed by atoms with Crippen molar-refractivity contribution in [2.45, 2.75) is 31.5 Å². The zero-order chi connectivity index (χ0) is 24.3. The van der Waals surface area contributed by atoms with Gasteiger partial charge < -0.3 is 15.3 Å². The van der Waals surface area contributed by atoms with Gasteiger partial charge in [-0.25, -0.2) is 9.97 Å². The van der Waals surface area contributed by atoms with E-state index in [0.717, 1.165) is 49.8 Å². The van der Waals surface area contributed by atoms with Crippen molar-refractivity contribution in [3.63, 3.8) is 0 Å². The number of benzene rings is 3. The summed E-state index contributed by atoms with van der Waals surface area (Å²) >= 11 is 0. The molecule has 6 rings (SSSR count). The van der Waals surface area contributed by atoms with Crippen LogP contribution < -0.4 is 10.2 Å². The van der Waals surface area contributed by atoms with Crippen LogP contribution in [0.5, 0.6) is 0 Å². The molecule has 1 saturated heterocycles. The number of piperidine rings is 1. The predicted molar refractivity (Wildman–Crippen MR) is 144 cm³/mol. The number of nitrogens with zero attached hydrogens (tertiary/aromatic N) is 4. The molecule has 2 aliphatic rings. The number of rotatable bonds is 5. The van der Waals surface area contributed by atoms with Crippen LogP contribution in [0, 0.1) is 0 Å². The fourth-order valence-corrected chi connectivity index (χ4v) is 5.47. The number of aromatic nitrogens is 2. The molecule has 0 radical (unpaired) electrons. The first-order valence-corrected chi connectivity index (χ1v) is 12.7. The van der Waals surface area contributed by atoms with E-state index in [-0.39, 0.29) is 6.04 Å². The predicted octanol–water partition coefficient (Wildman–Crippen LogP) is 4.89. The van der Waals surface area contributed by atoms with Gasteiger partial charge in [-0.05, 0) is 47.2 Å². The number of fused-ring (bicyclic) bond motifs is 1. The number of anilines is 3. The molecular weight excluding hydrogens is 446 g/mol. The molecule has 36 heavy (non-hydrogen) atoms. The van der Waals surface area contributed by atoms with Crippen molar-refractivity contribution < 1.29 is 5.11 Å². The summed E-state index contributed by atoms with van der Waals surface area (Å²) in [4.78, 5) is 13.6. The van der Waals surface area contributed by atoms with E-state index in [9.17, 15) is 5.11 Å². The van der Waals surface area contributed by atoms with Gasteiger partial charge in [-0.15, -0.1) is 0 Å². The lowest BCUT2D eigenvalue weighted by Crippen LogP contribution is -2.55. The highest BCUT2D eigenvalue weighted by Gasteiger charge is 2.34. The summed E-state index contributed by atoms with van der Waals surface area (Å²) in [6.07, 6.45) is 3.14. The van der Waals surface area contributed by atoms with E-state index in [1.54, 1.807) is 6.33 Å². The number of hydrogen-bond donors (Lipinski definition) is 2. The third-order valence-corrected chi connectivity index (χ3v) is 7.42. The van der Waals surface area contributed by atoms with Crippen molar-refractivity contribution in [1.29, 1.82) is 0 Å². The van der Waals surface area contributed by atoms with Crippen molar-refractivity contribution in [2.24, 2.45) is 0 Å². The summed E-state index contributed by atoms with van der Waals surface area (Å²) in [7, 11) is 0. The summed E-state index contributed by atoms with van der Waals surface area (Å²) in [5.41, 5.74) is 6.18. The van der Waals surface area contributed by atoms with Crippen molar-refractivity contribution in [3.8, 4) is 11.1 Å². The Balaban J connectivity index is 1.10. The maximum atomic E-state index is 11.1. The molecule has 3 heterocycles. The zero-order valence-electron chi connectivity index (χ0n) is 20.3. The number of hydrogen-bond acceptors (Lipinski definition) is 6. The highest BCUT2D eigenvalue weighted by atomic mass is 16.3. The SMILES string of the molecule is O[C@H]1CN(c2cc(Nc3ccc(-c4ccccc4)cc3)ncn2)CCC1N1CCc2ccccc2C1. The van der Waals surface area contributed by atoms with Crippen LogP contribution in [0.25, 0.3) is 11.1 Å². The Labute approximate surface area is 212 Å². The standard InChI is InChI=1S/C30H31N5O/c36-28-20-35(17-15-27(28)34-16-14-23-8-4-5-9-25(23)19-34)30-18-29(31-21-32-30)33-26-12-10-24(11-13-26)22-6-2-1-3-7-22/h1-13,18,21,27-28,36H,14-17,19-20H2,(H,31,32,33)/t27?,28-/m0/s1. The van der Waals surface area contributed by atoms with Crippen LogP contribution in [0.2, 0.25) is 0 Å². The van der Waals surface area contributed by atoms with E-state index in [0.29, 0.717) is 6.54 Å². The van der Waals surface area contributed by atoms with E-state index in [4.69, 9.17) is 0 Å². The van der Waals surface area contributed by atoms with E-state index >= 15 is 0 Å². The van der Waals surface area contributed by atoms with Crippen molar-refractivity contribution in [3.05, 3.63) is 102 Å². The monoisotopic (exact) mass is 477 g/mol. The third kappa shape index (κ3) is 4.83. The van der Waals surface area contributed by atoms with Gasteiger partial charge in [0.25, 0.3) is 0 Å². The molecule has 4 aromatic rings. The highest BCUT2D eigenvalue weighted by molar-refractivity contribution is 5.68. The van der Waals surface area contributed by atoms with E-state index in [2.05, 4.69) is 97.9 Å². The molecule has 0 amide bonds. The number of nitrogens with one attached hydrogen (secondary N) is 1. The van der Waals surface area contributed by atoms with Gasteiger partial charge in [-0.1, -0.05) is 66.7 Å². The third-order valence-electron chi connectivity index (χ3n) is 7.42. The first-order chi connectivity index (χ1) is 17.7. The van der Waals surface area contributed by atoms with Gasteiger partial charge in [0.05, 0.1) is 6.10 Å². The second kappa shape index (κ2) is 10.1. The molecule has 0 aliphatic carbocycles. The quantitative estimate of drug-likeness (QED) is 0.427. The number of aliphatic hydroxyl groups excluding tert-OH is 1. The van der Waals surface area contributed by atoms with Gasteiger partial charge in [-0.3, -0.25) is 4.90 Å². The number of aliphatic hydroxyl groups is 1. The Hall–Kier alpha value is -3.74. The molecule has 0 saturated carbocycles. The van der Waals surface area contributed by atoms with Crippen molar-refractivity contribution in [1.82, 2.24) is 14.9 Å². The van der Waals surface area contributed by atoms with Crippen LogP contribution in [0.15, 0.2) is 91.3 Å². The lowest BCUT2D eigenvalue weighted by molar-refractivity contribution is 0.0293. The molecule has 2 N–H and O–H groups in total. The summed E-state index contributed by atoms with van der Waals surface area (Å²) in [5, 5.41) is 14.5. The summed E-state index contributed by atoms with van der Waals surface area (Å²) in [6.45, 7) is 3.36. The van der Waals surface area contributed by atoms with Gasteiger partial charge in [0.1, 0.15) is 18.0 Å². The van der Waals surface area contributed by atoms with Gasteiger partial charge in [-0.2, -0.15) is 0 Å². The second-order valence-electron chi connectivity index (χ2n) is 9.69. The summed E-state index contributed by atoms with van der Waals surface area (Å²) < 4.78 is 0. The van der Waals surface area contributed by atoms with E-state index < -0.39 is 6.10 Å². The molecule has 6 heteroatoms. The first-order valence-electron chi connectivity index (χ1n) is 12.7. The molecule has 6 nitrogen and oxygen atoms in total. The van der Waals surface area contributed by atoms with Crippen LogP contribution in [-0.2, 0) is 13.0 Å². The minimum absolute atomic E-state index is 0.178. The molecule has 1 unspecified atom stereocenters. The molecular formula is C30H31N5O. The first kappa shape index (κ1) is 22.7. The van der Waals surface area contributed by atoms with Crippen LogP contribution in [-0.4, -0.2) is 51.8 Å². The number of β-amino-alcohol motifs (C(OH)–C–C–N with tert-alkyl or cyclic N) is 1. The van der Waals surface area contributed by atoms with Gasteiger partial charge in [0.15, 0.2) is 0 Å². The fraction of sp³-hybridized carbons (Fsp3) is 0.267. The Bertz CT molecular complexity index is 1310. The minimum Gasteiger partial charge on any atom is -0.390 e. The van der Waals surface area contributed by atoms with Gasteiger partial charge in [0, 0.05) is 44.0 Å². The van der Waals surface area contributed by atoms with Crippen molar-refractivity contribution >= 4 is 17.3 Å². The maximum Gasteiger partial charge on any atom is 0.135 e. The smallest absolute Gasteiger partial charge is 0.135 e. The Morgan fingerprint density at radius 3 is 2.36 bits per heavy atom. The molecule has 2 aliphatic heterocycles. The fourth-order valence-electron chi connectivity index (χ4n) is 5.47. The van der Waals surface area contributed by atoms with Crippen LogP contribution in [0.3, 0.4) is 0 Å². The average molecular weight is 478 g/mol. The second-order valence-corrected chi connectivity index (χ2v) is 9.69. The molecule has 1 aromatic heterocycles. The zero-order valence-corrected chi connectivity index (χ0v) is 20.3. The summed E-state index contributed by atoms with van der Waals surface area (Å²) in [5.74, 6) is 1.59. The molecule has 0 spiro atoms. The van der Waals surface area contributed by atoms with Crippen LogP contribution in [0.1, 0.15) is 17.5 Å². The molecule has 3 aromatic carbocycles. The molecule has 182 valence electrons. The van der Waals surface area contributed by atoms with E-state index in [1.807, 2.05) is 12.1 Å². The van der Waals surface area contributed by atoms with Gasteiger partial charge in [0.2, 0.25) is 0 Å². The normalized spacial score (nSPS) is 20.1. The lowest BCUT2D eigenvalue weighted by Gasteiger charge is -2.43. The maximum absolute atomic E-state index is 11.1. The average Bonchev–Trinajstić information content (AvgIpc) is 2.94. The summed E-state index contributed by atoms with van der Waals surface area (Å²) in [6, 6.07) is 29.5. The molecule has 0 bridgehead atoms. The highest BCUT2D eigenvalue weighted by Crippen LogP contribution is 2.28. The van der Waals surface area contributed by atoms with Crippen LogP contribution in [0.4, 0.5) is 17.3 Å². The lowest BCUT2D eigenvalue weighted by atomic mass is 9.94. The van der Waals surface area contributed by atoms with Gasteiger partial charge >= 0.3 is 0 Å². The molecule has 1 fully saturated rings. The Morgan fingerprint density at radius 2 is 1.56 bits per heavy atom. The van der Waals surface area contributed by atoms with Crippen LogP contribution >= 0.6 is 0 Å². The van der Waals surface area contributed by atoms with E-state index in [1.165, 1.54) is 22.3 Å².